The first kappa shape index (κ1) is 13.4. The Morgan fingerprint density at radius 2 is 1.95 bits per heavy atom. The van der Waals surface area contributed by atoms with E-state index in [1.165, 1.54) is 35.1 Å². The lowest BCUT2D eigenvalue weighted by atomic mass is 10.3. The third kappa shape index (κ3) is 2.85. The maximum absolute atomic E-state index is 10.9. The van der Waals surface area contributed by atoms with Crippen LogP contribution in [0.1, 0.15) is 6.92 Å². The summed E-state index contributed by atoms with van der Waals surface area (Å²) in [4.78, 5) is -0.211. The van der Waals surface area contributed by atoms with Crippen molar-refractivity contribution in [2.75, 3.05) is 6.61 Å². The van der Waals surface area contributed by atoms with E-state index in [1.54, 1.807) is 6.92 Å². The lowest BCUT2D eigenvalue weighted by molar-refractivity contribution is 0.306. The highest BCUT2D eigenvalue weighted by molar-refractivity contribution is 7.85. The molecule has 0 spiro atoms. The van der Waals surface area contributed by atoms with Crippen molar-refractivity contribution in [3.05, 3.63) is 30.5 Å². The van der Waals surface area contributed by atoms with Gasteiger partial charge < -0.3 is 9.84 Å². The van der Waals surface area contributed by atoms with Crippen molar-refractivity contribution in [1.29, 1.82) is 0 Å². The maximum Gasteiger partial charge on any atom is 0.294 e. The van der Waals surface area contributed by atoms with E-state index >= 15 is 0 Å². The van der Waals surface area contributed by atoms with E-state index in [-0.39, 0.29) is 16.5 Å². The van der Waals surface area contributed by atoms with Crippen LogP contribution in [0.2, 0.25) is 0 Å². The molecular formula is C11H12N2O5S. The van der Waals surface area contributed by atoms with Gasteiger partial charge in [0.1, 0.15) is 0 Å². The highest BCUT2D eigenvalue weighted by atomic mass is 32.2. The summed E-state index contributed by atoms with van der Waals surface area (Å²) in [6, 6.07) is 5.38. The fourth-order valence-corrected chi connectivity index (χ4v) is 1.97. The number of aromatic hydroxyl groups is 1. The molecule has 1 aromatic heterocycles. The van der Waals surface area contributed by atoms with E-state index in [1.807, 2.05) is 0 Å². The minimum absolute atomic E-state index is 0.0985. The summed E-state index contributed by atoms with van der Waals surface area (Å²) in [5.41, 5.74) is 0.522. The van der Waals surface area contributed by atoms with Gasteiger partial charge in [-0.15, -0.1) is 5.10 Å². The van der Waals surface area contributed by atoms with Crippen LogP contribution in [-0.2, 0) is 10.1 Å². The molecule has 0 aliphatic heterocycles. The molecule has 1 heterocycles. The molecule has 2 rings (SSSR count). The zero-order valence-electron chi connectivity index (χ0n) is 10.0. The Hall–Kier alpha value is -2.06. The summed E-state index contributed by atoms with van der Waals surface area (Å²) in [6.07, 6.45) is 1.34. The third-order valence-electron chi connectivity index (χ3n) is 2.34. The molecule has 0 saturated carbocycles. The standard InChI is InChI=1S/C11H12N2O5S/c1-2-18-11-10(14)7-13(12-11)8-3-5-9(6-4-8)19(15,16)17/h3-7,14H,2H2,1H3,(H,15,16,17). The fraction of sp³-hybridized carbons (Fsp3) is 0.182. The second-order valence-corrected chi connectivity index (χ2v) is 5.09. The molecule has 0 atom stereocenters. The quantitative estimate of drug-likeness (QED) is 0.819. The van der Waals surface area contributed by atoms with E-state index in [0.717, 1.165) is 0 Å². The maximum atomic E-state index is 10.9. The summed E-state index contributed by atoms with van der Waals surface area (Å²) in [5.74, 6) is -0.0120. The summed E-state index contributed by atoms with van der Waals surface area (Å²) in [6.45, 7) is 2.13. The number of hydrogen-bond acceptors (Lipinski definition) is 5. The molecule has 2 N–H and O–H groups in total. The lowest BCUT2D eigenvalue weighted by Gasteiger charge is -2.02. The molecule has 2 aromatic rings. The Labute approximate surface area is 109 Å². The van der Waals surface area contributed by atoms with Gasteiger partial charge in [0.2, 0.25) is 0 Å². The van der Waals surface area contributed by atoms with E-state index in [4.69, 9.17) is 9.29 Å². The molecule has 0 bridgehead atoms. The Kier molecular flexibility index (Phi) is 3.45. The van der Waals surface area contributed by atoms with Crippen molar-refractivity contribution in [2.45, 2.75) is 11.8 Å². The van der Waals surface area contributed by atoms with Gasteiger partial charge in [-0.25, -0.2) is 4.68 Å². The van der Waals surface area contributed by atoms with Crippen LogP contribution in [0.5, 0.6) is 11.6 Å². The summed E-state index contributed by atoms with van der Waals surface area (Å²) < 4.78 is 37.1. The second-order valence-electron chi connectivity index (χ2n) is 3.67. The highest BCUT2D eigenvalue weighted by Crippen LogP contribution is 2.25. The van der Waals surface area contributed by atoms with Crippen molar-refractivity contribution in [3.8, 4) is 17.3 Å². The first-order valence-electron chi connectivity index (χ1n) is 5.41. The topological polar surface area (TPSA) is 102 Å². The molecule has 102 valence electrons. The molecule has 0 radical (unpaired) electrons. The predicted molar refractivity (Wildman–Crippen MR) is 66.2 cm³/mol. The Bertz CT molecular complexity index is 676. The van der Waals surface area contributed by atoms with Crippen LogP contribution < -0.4 is 4.74 Å². The SMILES string of the molecule is CCOc1nn(-c2ccc(S(=O)(=O)O)cc2)cc1O. The summed E-state index contributed by atoms with van der Waals surface area (Å²) in [7, 11) is -4.22. The van der Waals surface area contributed by atoms with Crippen molar-refractivity contribution >= 4 is 10.1 Å². The molecule has 0 unspecified atom stereocenters. The number of hydrogen-bond donors (Lipinski definition) is 2. The van der Waals surface area contributed by atoms with Crippen LogP contribution in [0, 0.1) is 0 Å². The number of ether oxygens (including phenoxy) is 1. The van der Waals surface area contributed by atoms with Gasteiger partial charge in [-0.2, -0.15) is 8.42 Å². The highest BCUT2D eigenvalue weighted by Gasteiger charge is 2.12. The molecule has 0 fully saturated rings. The largest absolute Gasteiger partial charge is 0.502 e. The van der Waals surface area contributed by atoms with Crippen LogP contribution in [-0.4, -0.2) is 34.5 Å². The van der Waals surface area contributed by atoms with E-state index < -0.39 is 10.1 Å². The molecule has 0 aliphatic carbocycles. The van der Waals surface area contributed by atoms with Crippen LogP contribution in [0.4, 0.5) is 0 Å². The van der Waals surface area contributed by atoms with Gasteiger partial charge in [-0.1, -0.05) is 0 Å². The van der Waals surface area contributed by atoms with Crippen LogP contribution in [0.15, 0.2) is 35.4 Å². The zero-order valence-corrected chi connectivity index (χ0v) is 10.8. The van der Waals surface area contributed by atoms with Crippen molar-refractivity contribution in [2.24, 2.45) is 0 Å². The molecule has 1 aromatic carbocycles. The van der Waals surface area contributed by atoms with Gasteiger partial charge in [0, 0.05) is 0 Å². The lowest BCUT2D eigenvalue weighted by Crippen LogP contribution is -2.00. The van der Waals surface area contributed by atoms with Gasteiger partial charge >= 0.3 is 0 Å². The normalized spacial score (nSPS) is 11.5. The van der Waals surface area contributed by atoms with Gasteiger partial charge in [0.15, 0.2) is 5.75 Å². The minimum Gasteiger partial charge on any atom is -0.502 e. The van der Waals surface area contributed by atoms with Crippen molar-refractivity contribution in [3.63, 3.8) is 0 Å². The van der Waals surface area contributed by atoms with E-state index in [2.05, 4.69) is 5.10 Å². The van der Waals surface area contributed by atoms with Gasteiger partial charge in [-0.3, -0.25) is 4.55 Å². The van der Waals surface area contributed by atoms with Crippen LogP contribution in [0.3, 0.4) is 0 Å². The minimum atomic E-state index is -4.22. The summed E-state index contributed by atoms with van der Waals surface area (Å²) in [5, 5.41) is 13.6. The molecule has 0 aliphatic rings. The predicted octanol–water partition coefficient (Wildman–Crippen LogP) is 1.22. The average molecular weight is 284 g/mol. The first-order valence-corrected chi connectivity index (χ1v) is 6.85. The molecular weight excluding hydrogens is 272 g/mol. The van der Waals surface area contributed by atoms with Crippen molar-refractivity contribution in [1.82, 2.24) is 9.78 Å². The first-order chi connectivity index (χ1) is 8.91. The summed E-state index contributed by atoms with van der Waals surface area (Å²) >= 11 is 0. The molecule has 0 amide bonds. The number of nitrogens with zero attached hydrogens (tertiary/aromatic N) is 2. The third-order valence-corrected chi connectivity index (χ3v) is 3.21. The number of benzene rings is 1. The monoisotopic (exact) mass is 284 g/mol. The Balaban J connectivity index is 2.35. The Morgan fingerprint density at radius 1 is 1.32 bits per heavy atom. The smallest absolute Gasteiger partial charge is 0.294 e. The molecule has 0 saturated heterocycles. The van der Waals surface area contributed by atoms with Gasteiger partial charge in [0.25, 0.3) is 16.0 Å². The number of aromatic nitrogens is 2. The zero-order chi connectivity index (χ0) is 14.0. The van der Waals surface area contributed by atoms with Crippen LogP contribution in [0.25, 0.3) is 5.69 Å². The molecule has 19 heavy (non-hydrogen) atoms. The van der Waals surface area contributed by atoms with Gasteiger partial charge in [0.05, 0.1) is 23.4 Å². The van der Waals surface area contributed by atoms with E-state index in [9.17, 15) is 13.5 Å². The molecule has 7 nitrogen and oxygen atoms in total. The molecule has 8 heteroatoms. The second kappa shape index (κ2) is 4.90. The van der Waals surface area contributed by atoms with E-state index in [0.29, 0.717) is 12.3 Å². The average Bonchev–Trinajstić information content (AvgIpc) is 2.71. The number of rotatable bonds is 4. The van der Waals surface area contributed by atoms with Gasteiger partial charge in [-0.05, 0) is 31.2 Å². The van der Waals surface area contributed by atoms with Crippen LogP contribution >= 0.6 is 0 Å². The Morgan fingerprint density at radius 3 is 2.47 bits per heavy atom. The fourth-order valence-electron chi connectivity index (χ4n) is 1.49. The van der Waals surface area contributed by atoms with Crippen molar-refractivity contribution < 1.29 is 22.8 Å².